The number of nitrogens with zero attached hydrogens (tertiary/aromatic N) is 1. The van der Waals surface area contributed by atoms with E-state index in [0.29, 0.717) is 13.1 Å². The summed E-state index contributed by atoms with van der Waals surface area (Å²) in [4.78, 5) is 14.0. The molecule has 1 aromatic rings. The maximum absolute atomic E-state index is 12.3. The number of hydrogen-bond acceptors (Lipinski definition) is 2. The lowest BCUT2D eigenvalue weighted by Crippen LogP contribution is -2.38. The Morgan fingerprint density at radius 3 is 2.56 bits per heavy atom. The van der Waals surface area contributed by atoms with Crippen LogP contribution in [-0.2, 0) is 11.3 Å². The van der Waals surface area contributed by atoms with E-state index in [0.717, 1.165) is 5.56 Å². The molecule has 1 aromatic carbocycles. The number of carbonyl (C=O) groups is 1. The minimum Gasteiger partial charge on any atom is -0.341 e. The van der Waals surface area contributed by atoms with E-state index in [2.05, 4.69) is 19.1 Å². The highest BCUT2D eigenvalue weighted by molar-refractivity contribution is 5.79. The van der Waals surface area contributed by atoms with Crippen LogP contribution in [0.3, 0.4) is 0 Å². The average molecular weight is 248 g/mol. The Morgan fingerprint density at radius 2 is 2.06 bits per heavy atom. The first-order valence-corrected chi connectivity index (χ1v) is 6.46. The number of aryl methyl sites for hydroxylation is 1. The Morgan fingerprint density at radius 1 is 1.39 bits per heavy atom. The highest BCUT2D eigenvalue weighted by atomic mass is 16.2. The molecule has 1 amide bonds. The number of amides is 1. The van der Waals surface area contributed by atoms with Gasteiger partial charge in [0.2, 0.25) is 5.91 Å². The van der Waals surface area contributed by atoms with Gasteiger partial charge in [-0.25, -0.2) is 0 Å². The zero-order valence-corrected chi connectivity index (χ0v) is 11.8. The first-order chi connectivity index (χ1) is 8.45. The Kier molecular flexibility index (Phi) is 5.35. The fourth-order valence-electron chi connectivity index (χ4n) is 2.10. The minimum atomic E-state index is -0.0835. The van der Waals surface area contributed by atoms with Gasteiger partial charge in [0.1, 0.15) is 0 Å². The summed E-state index contributed by atoms with van der Waals surface area (Å²) in [5, 5.41) is 0. The van der Waals surface area contributed by atoms with Gasteiger partial charge in [-0.05, 0) is 18.4 Å². The summed E-state index contributed by atoms with van der Waals surface area (Å²) in [6.45, 7) is 7.19. The number of hydrogen-bond donors (Lipinski definition) is 1. The molecule has 1 rings (SSSR count). The monoisotopic (exact) mass is 248 g/mol. The Hall–Kier alpha value is -1.35. The lowest BCUT2D eigenvalue weighted by Gasteiger charge is -2.25. The molecular weight excluding hydrogens is 224 g/mol. The normalized spacial score (nSPS) is 12.6. The van der Waals surface area contributed by atoms with Crippen molar-refractivity contribution in [2.24, 2.45) is 17.6 Å². The van der Waals surface area contributed by atoms with Crippen LogP contribution in [0, 0.1) is 18.8 Å². The molecule has 1 atom stereocenters. The van der Waals surface area contributed by atoms with Gasteiger partial charge in [-0.1, -0.05) is 43.7 Å². The summed E-state index contributed by atoms with van der Waals surface area (Å²) in [7, 11) is 1.84. The minimum absolute atomic E-state index is 0.0835. The van der Waals surface area contributed by atoms with Crippen molar-refractivity contribution in [3.05, 3.63) is 35.4 Å². The zero-order chi connectivity index (χ0) is 13.7. The van der Waals surface area contributed by atoms with Gasteiger partial charge >= 0.3 is 0 Å². The fourth-order valence-corrected chi connectivity index (χ4v) is 2.10. The van der Waals surface area contributed by atoms with Crippen molar-refractivity contribution in [1.82, 2.24) is 4.90 Å². The van der Waals surface area contributed by atoms with Crippen LogP contribution in [0.15, 0.2) is 24.3 Å². The van der Waals surface area contributed by atoms with E-state index in [1.807, 2.05) is 33.0 Å². The summed E-state index contributed by atoms with van der Waals surface area (Å²) in [6, 6.07) is 8.23. The predicted molar refractivity (Wildman–Crippen MR) is 75.0 cm³/mol. The zero-order valence-electron chi connectivity index (χ0n) is 11.8. The third kappa shape index (κ3) is 3.84. The van der Waals surface area contributed by atoms with Crippen molar-refractivity contribution in [2.45, 2.75) is 27.3 Å². The molecule has 18 heavy (non-hydrogen) atoms. The summed E-state index contributed by atoms with van der Waals surface area (Å²) >= 11 is 0. The second kappa shape index (κ2) is 6.55. The molecule has 0 aliphatic heterocycles. The summed E-state index contributed by atoms with van der Waals surface area (Å²) < 4.78 is 0. The summed E-state index contributed by atoms with van der Waals surface area (Å²) in [5.74, 6) is 0.330. The van der Waals surface area contributed by atoms with Crippen LogP contribution in [-0.4, -0.2) is 24.4 Å². The number of benzene rings is 1. The van der Waals surface area contributed by atoms with Crippen molar-refractivity contribution in [1.29, 1.82) is 0 Å². The van der Waals surface area contributed by atoms with Crippen molar-refractivity contribution >= 4 is 5.91 Å². The van der Waals surface area contributed by atoms with Crippen LogP contribution >= 0.6 is 0 Å². The van der Waals surface area contributed by atoms with Gasteiger partial charge in [-0.3, -0.25) is 4.79 Å². The molecular formula is C15H24N2O. The van der Waals surface area contributed by atoms with Crippen LogP contribution in [0.5, 0.6) is 0 Å². The first kappa shape index (κ1) is 14.7. The van der Waals surface area contributed by atoms with Gasteiger partial charge in [0.05, 0.1) is 5.92 Å². The molecule has 0 radical (unpaired) electrons. The van der Waals surface area contributed by atoms with Crippen LogP contribution in [0.4, 0.5) is 0 Å². The van der Waals surface area contributed by atoms with Crippen LogP contribution in [0.25, 0.3) is 0 Å². The third-order valence-corrected chi connectivity index (χ3v) is 3.25. The molecule has 0 bridgehead atoms. The van der Waals surface area contributed by atoms with Crippen LogP contribution < -0.4 is 5.73 Å². The maximum atomic E-state index is 12.3. The lowest BCUT2D eigenvalue weighted by atomic mass is 9.94. The highest BCUT2D eigenvalue weighted by Crippen LogP contribution is 2.14. The molecule has 0 spiro atoms. The second-order valence-corrected chi connectivity index (χ2v) is 5.27. The molecule has 0 saturated carbocycles. The largest absolute Gasteiger partial charge is 0.341 e. The highest BCUT2D eigenvalue weighted by Gasteiger charge is 2.23. The molecule has 0 saturated heterocycles. The van der Waals surface area contributed by atoms with E-state index in [1.165, 1.54) is 5.56 Å². The standard InChI is InChI=1S/C15H24N2O/c1-11(2)14(9-16)15(18)17(4)10-13-7-5-6-12(3)8-13/h5-8,11,14H,9-10,16H2,1-4H3. The van der Waals surface area contributed by atoms with Gasteiger partial charge in [0.15, 0.2) is 0 Å². The molecule has 3 nitrogen and oxygen atoms in total. The van der Waals surface area contributed by atoms with Gasteiger partial charge in [0.25, 0.3) is 0 Å². The van der Waals surface area contributed by atoms with Crippen molar-refractivity contribution in [3.63, 3.8) is 0 Å². The Labute approximate surface area is 110 Å². The SMILES string of the molecule is Cc1cccc(CN(C)C(=O)C(CN)C(C)C)c1. The molecule has 1 unspecified atom stereocenters. The smallest absolute Gasteiger partial charge is 0.227 e. The average Bonchev–Trinajstić information content (AvgIpc) is 2.29. The molecule has 0 aliphatic carbocycles. The maximum Gasteiger partial charge on any atom is 0.227 e. The predicted octanol–water partition coefficient (Wildman–Crippen LogP) is 2.18. The van der Waals surface area contributed by atoms with Gasteiger partial charge in [-0.15, -0.1) is 0 Å². The topological polar surface area (TPSA) is 46.3 Å². The van der Waals surface area contributed by atoms with Crippen molar-refractivity contribution in [3.8, 4) is 0 Å². The van der Waals surface area contributed by atoms with Gasteiger partial charge < -0.3 is 10.6 Å². The molecule has 0 fully saturated rings. The van der Waals surface area contributed by atoms with E-state index in [4.69, 9.17) is 5.73 Å². The van der Waals surface area contributed by atoms with Gasteiger partial charge in [-0.2, -0.15) is 0 Å². The van der Waals surface area contributed by atoms with Crippen molar-refractivity contribution in [2.75, 3.05) is 13.6 Å². The Bertz CT molecular complexity index is 401. The van der Waals surface area contributed by atoms with E-state index < -0.39 is 0 Å². The number of nitrogens with two attached hydrogens (primary N) is 1. The number of rotatable bonds is 5. The fraction of sp³-hybridized carbons (Fsp3) is 0.533. The van der Waals surface area contributed by atoms with E-state index >= 15 is 0 Å². The lowest BCUT2D eigenvalue weighted by molar-refractivity contribution is -0.135. The van der Waals surface area contributed by atoms with E-state index in [1.54, 1.807) is 4.90 Å². The molecule has 100 valence electrons. The summed E-state index contributed by atoms with van der Waals surface area (Å²) in [5.41, 5.74) is 8.06. The molecule has 0 aliphatic rings. The summed E-state index contributed by atoms with van der Waals surface area (Å²) in [6.07, 6.45) is 0. The van der Waals surface area contributed by atoms with Crippen LogP contribution in [0.1, 0.15) is 25.0 Å². The van der Waals surface area contributed by atoms with Crippen molar-refractivity contribution < 1.29 is 4.79 Å². The molecule has 0 heterocycles. The second-order valence-electron chi connectivity index (χ2n) is 5.27. The quantitative estimate of drug-likeness (QED) is 0.868. The van der Waals surface area contributed by atoms with Crippen LogP contribution in [0.2, 0.25) is 0 Å². The third-order valence-electron chi connectivity index (χ3n) is 3.25. The number of carbonyl (C=O) groups excluding carboxylic acids is 1. The first-order valence-electron chi connectivity index (χ1n) is 6.46. The van der Waals surface area contributed by atoms with E-state index in [-0.39, 0.29) is 17.7 Å². The van der Waals surface area contributed by atoms with E-state index in [9.17, 15) is 4.79 Å². The van der Waals surface area contributed by atoms with Gasteiger partial charge in [0, 0.05) is 20.1 Å². The molecule has 2 N–H and O–H groups in total. The molecule has 3 heteroatoms. The molecule has 0 aromatic heterocycles. The Balaban J connectivity index is 2.70.